The van der Waals surface area contributed by atoms with Crippen LogP contribution in [0.4, 0.5) is 0 Å². The molecule has 1 amide bonds. The molecule has 0 aromatic heterocycles. The Morgan fingerprint density at radius 1 is 1.47 bits per heavy atom. The Hall–Kier alpha value is -1.86. The maximum atomic E-state index is 12.1. The number of aliphatic hydroxyl groups is 1. The molecule has 0 aliphatic carbocycles. The number of amides is 1. The van der Waals surface area contributed by atoms with Gasteiger partial charge in [-0.2, -0.15) is 5.26 Å². The highest BCUT2D eigenvalue weighted by atomic mass is 16.3. The fourth-order valence-corrected chi connectivity index (χ4v) is 1.62. The third kappa shape index (κ3) is 3.58. The van der Waals surface area contributed by atoms with E-state index in [0.29, 0.717) is 11.1 Å². The Morgan fingerprint density at radius 3 is 2.59 bits per heavy atom. The van der Waals surface area contributed by atoms with Crippen LogP contribution in [0.5, 0.6) is 0 Å². The Bertz CT molecular complexity index is 455. The normalized spacial score (nSPS) is 10.8. The molecule has 0 unspecified atom stereocenters. The fraction of sp³-hybridized carbons (Fsp3) is 0.385. The van der Waals surface area contributed by atoms with Crippen LogP contribution in [-0.2, 0) is 0 Å². The van der Waals surface area contributed by atoms with Crippen molar-refractivity contribution in [3.63, 3.8) is 0 Å². The molecule has 0 atom stereocenters. The van der Waals surface area contributed by atoms with Crippen molar-refractivity contribution in [1.82, 2.24) is 4.90 Å². The van der Waals surface area contributed by atoms with E-state index in [-0.39, 0.29) is 12.5 Å². The molecule has 0 aliphatic rings. The average molecular weight is 232 g/mol. The smallest absolute Gasteiger partial charge is 0.255 e. The van der Waals surface area contributed by atoms with Crippen molar-refractivity contribution >= 4 is 5.91 Å². The Balaban J connectivity index is 2.94. The molecular weight excluding hydrogens is 216 g/mol. The van der Waals surface area contributed by atoms with Gasteiger partial charge in [0, 0.05) is 13.6 Å². The first-order chi connectivity index (χ1) is 7.85. The van der Waals surface area contributed by atoms with Gasteiger partial charge >= 0.3 is 0 Å². The minimum atomic E-state index is -0.952. The van der Waals surface area contributed by atoms with Gasteiger partial charge in [-0.05, 0) is 26.0 Å². The van der Waals surface area contributed by atoms with Crippen molar-refractivity contribution in [3.8, 4) is 6.07 Å². The van der Waals surface area contributed by atoms with Gasteiger partial charge in [-0.25, -0.2) is 0 Å². The largest absolute Gasteiger partial charge is 0.389 e. The lowest BCUT2D eigenvalue weighted by molar-refractivity contribution is 0.0367. The van der Waals surface area contributed by atoms with Crippen molar-refractivity contribution < 1.29 is 9.90 Å². The lowest BCUT2D eigenvalue weighted by Crippen LogP contribution is -2.39. The van der Waals surface area contributed by atoms with E-state index in [0.717, 1.165) is 0 Å². The zero-order chi connectivity index (χ0) is 13.1. The van der Waals surface area contributed by atoms with E-state index in [1.165, 1.54) is 4.90 Å². The highest BCUT2D eigenvalue weighted by Crippen LogP contribution is 2.12. The Labute approximate surface area is 101 Å². The monoisotopic (exact) mass is 232 g/mol. The first kappa shape index (κ1) is 13.2. The zero-order valence-electron chi connectivity index (χ0n) is 10.3. The van der Waals surface area contributed by atoms with Crippen LogP contribution < -0.4 is 0 Å². The molecule has 0 saturated carbocycles. The van der Waals surface area contributed by atoms with Crippen LogP contribution >= 0.6 is 0 Å². The molecule has 0 fully saturated rings. The first-order valence-electron chi connectivity index (χ1n) is 5.32. The molecule has 1 aromatic rings. The number of carbonyl (C=O) groups excluding carboxylic acids is 1. The number of nitrogens with zero attached hydrogens (tertiary/aromatic N) is 2. The van der Waals surface area contributed by atoms with Gasteiger partial charge in [-0.3, -0.25) is 4.79 Å². The van der Waals surface area contributed by atoms with Crippen LogP contribution in [0.15, 0.2) is 24.3 Å². The van der Waals surface area contributed by atoms with E-state index in [9.17, 15) is 9.90 Å². The zero-order valence-corrected chi connectivity index (χ0v) is 10.3. The maximum Gasteiger partial charge on any atom is 0.255 e. The summed E-state index contributed by atoms with van der Waals surface area (Å²) < 4.78 is 0. The van der Waals surface area contributed by atoms with Crippen molar-refractivity contribution in [3.05, 3.63) is 35.4 Å². The van der Waals surface area contributed by atoms with Gasteiger partial charge in [0.2, 0.25) is 0 Å². The van der Waals surface area contributed by atoms with Gasteiger partial charge in [-0.15, -0.1) is 0 Å². The third-order valence-corrected chi connectivity index (χ3v) is 2.25. The van der Waals surface area contributed by atoms with Crippen LogP contribution in [0.2, 0.25) is 0 Å². The fourth-order valence-electron chi connectivity index (χ4n) is 1.62. The summed E-state index contributed by atoms with van der Waals surface area (Å²) in [6.45, 7) is 3.48. The minimum Gasteiger partial charge on any atom is -0.389 e. The molecule has 0 aliphatic heterocycles. The standard InChI is InChI=1S/C13H16N2O2/c1-13(2,17)9-15(3)12(16)11-7-5-4-6-10(11)8-14/h4-7,17H,9H2,1-3H3. The second-order valence-corrected chi connectivity index (χ2v) is 4.63. The van der Waals surface area contributed by atoms with Crippen molar-refractivity contribution in [1.29, 1.82) is 5.26 Å². The lowest BCUT2D eigenvalue weighted by Gasteiger charge is -2.25. The molecule has 17 heavy (non-hydrogen) atoms. The second-order valence-electron chi connectivity index (χ2n) is 4.63. The lowest BCUT2D eigenvalue weighted by atomic mass is 10.1. The molecule has 4 nitrogen and oxygen atoms in total. The van der Waals surface area contributed by atoms with Gasteiger partial charge < -0.3 is 10.0 Å². The SMILES string of the molecule is CN(CC(C)(C)O)C(=O)c1ccccc1C#N. The quantitative estimate of drug-likeness (QED) is 0.856. The summed E-state index contributed by atoms with van der Waals surface area (Å²) in [6, 6.07) is 8.63. The number of carbonyl (C=O) groups is 1. The number of hydrogen-bond acceptors (Lipinski definition) is 3. The molecule has 0 saturated heterocycles. The number of nitriles is 1. The van der Waals surface area contributed by atoms with Crippen LogP contribution in [0.25, 0.3) is 0 Å². The van der Waals surface area contributed by atoms with Crippen molar-refractivity contribution in [2.24, 2.45) is 0 Å². The summed E-state index contributed by atoms with van der Waals surface area (Å²) in [4.78, 5) is 13.5. The van der Waals surface area contributed by atoms with E-state index in [4.69, 9.17) is 5.26 Å². The third-order valence-electron chi connectivity index (χ3n) is 2.25. The van der Waals surface area contributed by atoms with Gasteiger partial charge in [0.05, 0.1) is 22.8 Å². The molecule has 90 valence electrons. The predicted molar refractivity (Wildman–Crippen MR) is 64.4 cm³/mol. The van der Waals surface area contributed by atoms with E-state index in [1.54, 1.807) is 45.2 Å². The van der Waals surface area contributed by atoms with Crippen molar-refractivity contribution in [2.75, 3.05) is 13.6 Å². The molecule has 0 bridgehead atoms. The molecule has 4 heteroatoms. The molecular formula is C13H16N2O2. The minimum absolute atomic E-state index is 0.214. The van der Waals surface area contributed by atoms with E-state index in [2.05, 4.69) is 0 Å². The van der Waals surface area contributed by atoms with Crippen LogP contribution in [-0.4, -0.2) is 35.1 Å². The van der Waals surface area contributed by atoms with Gasteiger partial charge in [0.1, 0.15) is 0 Å². The molecule has 1 aromatic carbocycles. The van der Waals surface area contributed by atoms with Crippen LogP contribution in [0.1, 0.15) is 29.8 Å². The highest BCUT2D eigenvalue weighted by Gasteiger charge is 2.21. The van der Waals surface area contributed by atoms with Gasteiger partial charge in [0.25, 0.3) is 5.91 Å². The molecule has 1 N–H and O–H groups in total. The van der Waals surface area contributed by atoms with Crippen LogP contribution in [0.3, 0.4) is 0 Å². The van der Waals surface area contributed by atoms with E-state index >= 15 is 0 Å². The predicted octanol–water partition coefficient (Wildman–Crippen LogP) is 1.40. The summed E-state index contributed by atoms with van der Waals surface area (Å²) in [5, 5.41) is 18.6. The molecule has 1 rings (SSSR count). The molecule has 0 radical (unpaired) electrons. The van der Waals surface area contributed by atoms with Gasteiger partial charge in [-0.1, -0.05) is 12.1 Å². The summed E-state index contributed by atoms with van der Waals surface area (Å²) >= 11 is 0. The Morgan fingerprint density at radius 2 is 2.06 bits per heavy atom. The summed E-state index contributed by atoms with van der Waals surface area (Å²) in [5.41, 5.74) is -0.242. The topological polar surface area (TPSA) is 64.3 Å². The van der Waals surface area contributed by atoms with E-state index < -0.39 is 5.60 Å². The van der Waals surface area contributed by atoms with Crippen LogP contribution in [0, 0.1) is 11.3 Å². The molecule has 0 heterocycles. The van der Waals surface area contributed by atoms with Gasteiger partial charge in [0.15, 0.2) is 0 Å². The first-order valence-corrected chi connectivity index (χ1v) is 5.32. The highest BCUT2D eigenvalue weighted by molar-refractivity contribution is 5.96. The van der Waals surface area contributed by atoms with E-state index in [1.807, 2.05) is 6.07 Å². The summed E-state index contributed by atoms with van der Waals surface area (Å²) in [7, 11) is 1.61. The number of likely N-dealkylation sites (N-methyl/N-ethyl adjacent to an activating group) is 1. The van der Waals surface area contributed by atoms with Crippen molar-refractivity contribution in [2.45, 2.75) is 19.4 Å². The molecule has 0 spiro atoms. The summed E-state index contributed by atoms with van der Waals surface area (Å²) in [6.07, 6.45) is 0. The second kappa shape index (κ2) is 4.98. The summed E-state index contributed by atoms with van der Waals surface area (Å²) in [5.74, 6) is -0.260. The number of rotatable bonds is 3. The average Bonchev–Trinajstić information content (AvgIpc) is 2.25. The Kier molecular flexibility index (Phi) is 3.87. The number of hydrogen-bond donors (Lipinski definition) is 1. The number of benzene rings is 1. The maximum absolute atomic E-state index is 12.1.